The second kappa shape index (κ2) is 10.6. The number of carbonyl (C=O) groups is 1. The largest absolute Gasteiger partial charge is 0.379 e. The molecule has 2 atom stereocenters. The standard InChI is InChI=1S/C28H29FN2O3/c29-26-10-8-22(9-11-26)27-19-31(28(20-32)34-27)18-24-7-6-23(21-4-2-1-3-5-21)16-25(24)17-30-12-14-33-15-13-30/h1-11,16,20,27-28H,12-15,17-19H2. The van der Waals surface area contributed by atoms with Crippen LogP contribution in [0.3, 0.4) is 0 Å². The van der Waals surface area contributed by atoms with Gasteiger partial charge < -0.3 is 9.47 Å². The van der Waals surface area contributed by atoms with Crippen LogP contribution in [0.1, 0.15) is 22.8 Å². The molecule has 5 nitrogen and oxygen atoms in total. The Balaban J connectivity index is 1.39. The second-order valence-corrected chi connectivity index (χ2v) is 8.87. The summed E-state index contributed by atoms with van der Waals surface area (Å²) in [7, 11) is 0. The summed E-state index contributed by atoms with van der Waals surface area (Å²) in [6, 6.07) is 23.3. The molecule has 2 heterocycles. The highest BCUT2D eigenvalue weighted by Gasteiger charge is 2.34. The average molecular weight is 461 g/mol. The smallest absolute Gasteiger partial charge is 0.168 e. The van der Waals surface area contributed by atoms with Crippen molar-refractivity contribution < 1.29 is 18.7 Å². The molecule has 0 amide bonds. The molecule has 0 bridgehead atoms. The molecule has 0 radical (unpaired) electrons. The first kappa shape index (κ1) is 22.9. The van der Waals surface area contributed by atoms with Gasteiger partial charge in [-0.25, -0.2) is 4.39 Å². The zero-order chi connectivity index (χ0) is 23.3. The third-order valence-electron chi connectivity index (χ3n) is 6.61. The molecule has 2 aliphatic rings. The molecule has 34 heavy (non-hydrogen) atoms. The van der Waals surface area contributed by atoms with Crippen LogP contribution in [0, 0.1) is 5.82 Å². The van der Waals surface area contributed by atoms with Gasteiger partial charge >= 0.3 is 0 Å². The minimum absolute atomic E-state index is 0.262. The minimum atomic E-state index is -0.625. The summed E-state index contributed by atoms with van der Waals surface area (Å²) in [4.78, 5) is 16.3. The van der Waals surface area contributed by atoms with Crippen LogP contribution in [0.5, 0.6) is 0 Å². The fourth-order valence-electron chi connectivity index (χ4n) is 4.70. The lowest BCUT2D eigenvalue weighted by molar-refractivity contribution is -0.123. The molecule has 3 aromatic carbocycles. The van der Waals surface area contributed by atoms with Gasteiger partial charge in [-0.1, -0.05) is 54.6 Å². The van der Waals surface area contributed by atoms with Gasteiger partial charge in [0.1, 0.15) is 5.82 Å². The summed E-state index contributed by atoms with van der Waals surface area (Å²) >= 11 is 0. The van der Waals surface area contributed by atoms with Crippen LogP contribution in [-0.2, 0) is 27.4 Å². The van der Waals surface area contributed by atoms with Gasteiger partial charge in [0.2, 0.25) is 0 Å². The number of hydrogen-bond acceptors (Lipinski definition) is 5. The number of benzene rings is 3. The van der Waals surface area contributed by atoms with Crippen molar-refractivity contribution in [2.45, 2.75) is 25.4 Å². The molecule has 6 heteroatoms. The molecule has 5 rings (SSSR count). The van der Waals surface area contributed by atoms with E-state index in [2.05, 4.69) is 52.3 Å². The Morgan fingerprint density at radius 1 is 0.882 bits per heavy atom. The van der Waals surface area contributed by atoms with Crippen LogP contribution in [0.25, 0.3) is 11.1 Å². The Morgan fingerprint density at radius 2 is 1.65 bits per heavy atom. The molecule has 2 saturated heterocycles. The van der Waals surface area contributed by atoms with Crippen LogP contribution in [0.15, 0.2) is 72.8 Å². The highest BCUT2D eigenvalue weighted by Crippen LogP contribution is 2.31. The molecule has 0 spiro atoms. The topological polar surface area (TPSA) is 42.0 Å². The highest BCUT2D eigenvalue weighted by molar-refractivity contribution is 5.65. The SMILES string of the molecule is O=CC1OC(c2ccc(F)cc2)CN1Cc1ccc(-c2ccccc2)cc1CN1CCOCC1. The summed E-state index contributed by atoms with van der Waals surface area (Å²) in [5, 5.41) is 0. The Labute approximate surface area is 199 Å². The summed E-state index contributed by atoms with van der Waals surface area (Å²) in [6.45, 7) is 5.33. The zero-order valence-electron chi connectivity index (χ0n) is 19.1. The monoisotopic (exact) mass is 460 g/mol. The van der Waals surface area contributed by atoms with E-state index in [1.165, 1.54) is 34.4 Å². The van der Waals surface area contributed by atoms with E-state index in [-0.39, 0.29) is 11.9 Å². The van der Waals surface area contributed by atoms with Crippen LogP contribution in [0.2, 0.25) is 0 Å². The molecule has 2 fully saturated rings. The lowest BCUT2D eigenvalue weighted by atomic mass is 9.98. The van der Waals surface area contributed by atoms with E-state index in [0.717, 1.165) is 44.7 Å². The summed E-state index contributed by atoms with van der Waals surface area (Å²) in [6.07, 6.45) is -0.0362. The Bertz CT molecular complexity index is 1100. The van der Waals surface area contributed by atoms with Gasteiger partial charge in [-0.3, -0.25) is 14.6 Å². The van der Waals surface area contributed by atoms with E-state index < -0.39 is 6.23 Å². The van der Waals surface area contributed by atoms with E-state index in [4.69, 9.17) is 9.47 Å². The first-order chi connectivity index (χ1) is 16.7. The van der Waals surface area contributed by atoms with Crippen LogP contribution < -0.4 is 0 Å². The van der Waals surface area contributed by atoms with E-state index in [0.29, 0.717) is 13.1 Å². The maximum atomic E-state index is 13.4. The van der Waals surface area contributed by atoms with Crippen molar-refractivity contribution in [2.75, 3.05) is 32.8 Å². The van der Waals surface area contributed by atoms with E-state index in [9.17, 15) is 9.18 Å². The first-order valence-corrected chi connectivity index (χ1v) is 11.8. The van der Waals surface area contributed by atoms with Gasteiger partial charge in [0.05, 0.1) is 19.3 Å². The number of aldehydes is 1. The van der Waals surface area contributed by atoms with E-state index in [1.807, 2.05) is 6.07 Å². The molecular formula is C28H29FN2O3. The number of morpholine rings is 1. The zero-order valence-corrected chi connectivity index (χ0v) is 19.1. The van der Waals surface area contributed by atoms with Crippen molar-refractivity contribution >= 4 is 6.29 Å². The van der Waals surface area contributed by atoms with Crippen molar-refractivity contribution in [3.63, 3.8) is 0 Å². The van der Waals surface area contributed by atoms with Crippen molar-refractivity contribution in [1.82, 2.24) is 9.80 Å². The van der Waals surface area contributed by atoms with Crippen molar-refractivity contribution in [2.24, 2.45) is 0 Å². The summed E-state index contributed by atoms with van der Waals surface area (Å²) in [5.41, 5.74) is 5.67. The molecule has 3 aromatic rings. The predicted molar refractivity (Wildman–Crippen MR) is 128 cm³/mol. The molecule has 176 valence electrons. The summed E-state index contributed by atoms with van der Waals surface area (Å²) in [5.74, 6) is -0.281. The minimum Gasteiger partial charge on any atom is -0.379 e. The van der Waals surface area contributed by atoms with Gasteiger partial charge in [0, 0.05) is 32.7 Å². The van der Waals surface area contributed by atoms with Crippen molar-refractivity contribution in [3.8, 4) is 11.1 Å². The normalized spacial score (nSPS) is 21.6. The molecule has 0 saturated carbocycles. The van der Waals surface area contributed by atoms with Gasteiger partial charge in [-0.05, 0) is 46.0 Å². The molecule has 2 aliphatic heterocycles. The Kier molecular flexibility index (Phi) is 7.11. The highest BCUT2D eigenvalue weighted by atomic mass is 19.1. The molecule has 2 unspecified atom stereocenters. The third kappa shape index (κ3) is 5.26. The Morgan fingerprint density at radius 3 is 2.38 bits per heavy atom. The van der Waals surface area contributed by atoms with E-state index >= 15 is 0 Å². The molecule has 0 N–H and O–H groups in total. The number of carbonyl (C=O) groups excluding carboxylic acids is 1. The predicted octanol–water partition coefficient (Wildman–Crippen LogP) is 4.42. The number of rotatable bonds is 7. The maximum absolute atomic E-state index is 13.4. The number of hydrogen-bond donors (Lipinski definition) is 0. The fourth-order valence-corrected chi connectivity index (χ4v) is 4.70. The number of nitrogens with zero attached hydrogens (tertiary/aromatic N) is 2. The molecule has 0 aliphatic carbocycles. The molecular weight excluding hydrogens is 431 g/mol. The summed E-state index contributed by atoms with van der Waals surface area (Å²) < 4.78 is 24.9. The van der Waals surface area contributed by atoms with Gasteiger partial charge in [-0.15, -0.1) is 0 Å². The van der Waals surface area contributed by atoms with Gasteiger partial charge in [-0.2, -0.15) is 0 Å². The quantitative estimate of drug-likeness (QED) is 0.488. The first-order valence-electron chi connectivity index (χ1n) is 11.8. The second-order valence-electron chi connectivity index (χ2n) is 8.87. The number of halogens is 1. The maximum Gasteiger partial charge on any atom is 0.168 e. The van der Waals surface area contributed by atoms with Crippen molar-refractivity contribution in [3.05, 3.63) is 95.3 Å². The van der Waals surface area contributed by atoms with Crippen LogP contribution in [-0.4, -0.2) is 55.2 Å². The van der Waals surface area contributed by atoms with Crippen LogP contribution >= 0.6 is 0 Å². The van der Waals surface area contributed by atoms with Crippen molar-refractivity contribution in [1.29, 1.82) is 0 Å². The Hall–Kier alpha value is -2.90. The number of ether oxygens (including phenoxy) is 2. The average Bonchev–Trinajstić information content (AvgIpc) is 3.29. The lowest BCUT2D eigenvalue weighted by Crippen LogP contribution is -2.36. The van der Waals surface area contributed by atoms with Gasteiger partial charge in [0.15, 0.2) is 12.5 Å². The molecule has 0 aromatic heterocycles. The fraction of sp³-hybridized carbons (Fsp3) is 0.321. The van der Waals surface area contributed by atoms with E-state index in [1.54, 1.807) is 12.1 Å². The van der Waals surface area contributed by atoms with Gasteiger partial charge in [0.25, 0.3) is 0 Å². The van der Waals surface area contributed by atoms with Crippen LogP contribution in [0.4, 0.5) is 4.39 Å². The lowest BCUT2D eigenvalue weighted by Gasteiger charge is -2.28. The third-order valence-corrected chi connectivity index (χ3v) is 6.61.